The van der Waals surface area contributed by atoms with Crippen molar-refractivity contribution in [3.8, 4) is 5.75 Å². The van der Waals surface area contributed by atoms with E-state index in [4.69, 9.17) is 9.15 Å². The van der Waals surface area contributed by atoms with Gasteiger partial charge >= 0.3 is 0 Å². The highest BCUT2D eigenvalue weighted by molar-refractivity contribution is 5.44. The Balaban J connectivity index is 1.97. The van der Waals surface area contributed by atoms with E-state index in [0.717, 1.165) is 24.4 Å². The molecule has 0 fully saturated rings. The molecule has 106 valence electrons. The van der Waals surface area contributed by atoms with Crippen LogP contribution >= 0.6 is 0 Å². The zero-order chi connectivity index (χ0) is 14.1. The van der Waals surface area contributed by atoms with Gasteiger partial charge in [-0.1, -0.05) is 19.1 Å². The second-order valence-electron chi connectivity index (χ2n) is 5.37. The normalized spacial score (nSPS) is 18.6. The quantitative estimate of drug-likeness (QED) is 0.924. The van der Waals surface area contributed by atoms with Crippen LogP contribution in [0.5, 0.6) is 5.75 Å². The molecular weight excluding hydrogens is 250 g/mol. The Kier molecular flexibility index (Phi) is 3.53. The van der Waals surface area contributed by atoms with Gasteiger partial charge in [-0.15, -0.1) is 0 Å². The Morgan fingerprint density at radius 1 is 1.35 bits per heavy atom. The number of nitrogens with one attached hydrogen (secondary N) is 1. The van der Waals surface area contributed by atoms with Gasteiger partial charge in [0, 0.05) is 18.4 Å². The summed E-state index contributed by atoms with van der Waals surface area (Å²) in [6.07, 6.45) is 3.96. The topological polar surface area (TPSA) is 34.4 Å². The number of hydrogen-bond donors (Lipinski definition) is 1. The van der Waals surface area contributed by atoms with Crippen LogP contribution in [0.4, 0.5) is 0 Å². The third kappa shape index (κ3) is 2.22. The molecule has 2 unspecified atom stereocenters. The van der Waals surface area contributed by atoms with Crippen molar-refractivity contribution in [2.45, 2.75) is 38.8 Å². The number of rotatable bonds is 4. The number of fused-ring (bicyclic) bond motifs is 1. The molecule has 0 bridgehead atoms. The van der Waals surface area contributed by atoms with Gasteiger partial charge in [-0.25, -0.2) is 0 Å². The Hall–Kier alpha value is -1.74. The van der Waals surface area contributed by atoms with Gasteiger partial charge in [0.05, 0.1) is 12.3 Å². The van der Waals surface area contributed by atoms with Gasteiger partial charge in [0.15, 0.2) is 0 Å². The van der Waals surface area contributed by atoms with E-state index in [9.17, 15) is 0 Å². The molecule has 0 saturated heterocycles. The maximum absolute atomic E-state index is 5.77. The third-order valence-electron chi connectivity index (χ3n) is 3.95. The lowest BCUT2D eigenvalue weighted by Gasteiger charge is -2.17. The number of ether oxygens (including phenoxy) is 1. The molecule has 1 aliphatic rings. The molecule has 3 rings (SSSR count). The van der Waals surface area contributed by atoms with Crippen LogP contribution in [0.15, 0.2) is 34.9 Å². The van der Waals surface area contributed by atoms with Gasteiger partial charge in [0.2, 0.25) is 0 Å². The van der Waals surface area contributed by atoms with Crippen LogP contribution in [0, 0.1) is 0 Å². The Morgan fingerprint density at radius 2 is 2.20 bits per heavy atom. The summed E-state index contributed by atoms with van der Waals surface area (Å²) >= 11 is 0. The molecule has 2 heterocycles. The molecule has 0 spiro atoms. The number of aryl methyl sites for hydroxylation is 1. The van der Waals surface area contributed by atoms with E-state index in [1.807, 2.05) is 7.05 Å². The maximum Gasteiger partial charge on any atom is 0.123 e. The van der Waals surface area contributed by atoms with Crippen molar-refractivity contribution in [3.05, 3.63) is 53.0 Å². The van der Waals surface area contributed by atoms with E-state index in [0.29, 0.717) is 0 Å². The van der Waals surface area contributed by atoms with Crippen molar-refractivity contribution < 1.29 is 9.15 Å². The fourth-order valence-electron chi connectivity index (χ4n) is 3.02. The molecule has 1 aromatic carbocycles. The van der Waals surface area contributed by atoms with Gasteiger partial charge in [0.1, 0.15) is 17.6 Å². The van der Waals surface area contributed by atoms with Gasteiger partial charge in [-0.3, -0.25) is 0 Å². The average molecular weight is 271 g/mol. The molecule has 2 atom stereocenters. The summed E-state index contributed by atoms with van der Waals surface area (Å²) in [6.45, 7) is 4.23. The molecule has 0 amide bonds. The SMILES string of the molecule is CCc1occc1C(NC)c1ccc2c(c1)CC(C)O2. The van der Waals surface area contributed by atoms with Crippen LogP contribution in [0.1, 0.15) is 42.3 Å². The standard InChI is InChI=1S/C17H21NO2/c1-4-15-14(7-8-19-15)17(18-3)12-5-6-16-13(10-12)9-11(2)20-16/h5-8,10-11,17-18H,4,9H2,1-3H3. The number of furan rings is 1. The molecular formula is C17H21NO2. The highest BCUT2D eigenvalue weighted by Crippen LogP contribution is 2.33. The average Bonchev–Trinajstić information content (AvgIpc) is 3.04. The largest absolute Gasteiger partial charge is 0.490 e. The lowest BCUT2D eigenvalue weighted by molar-refractivity contribution is 0.254. The van der Waals surface area contributed by atoms with Crippen LogP contribution in [-0.2, 0) is 12.8 Å². The molecule has 2 aromatic rings. The molecule has 3 heteroatoms. The minimum absolute atomic E-state index is 0.171. The smallest absolute Gasteiger partial charge is 0.123 e. The second-order valence-corrected chi connectivity index (χ2v) is 5.37. The van der Waals surface area contributed by atoms with E-state index in [-0.39, 0.29) is 12.1 Å². The fourth-order valence-corrected chi connectivity index (χ4v) is 3.02. The van der Waals surface area contributed by atoms with Crippen LogP contribution < -0.4 is 10.1 Å². The highest BCUT2D eigenvalue weighted by atomic mass is 16.5. The lowest BCUT2D eigenvalue weighted by atomic mass is 9.96. The van der Waals surface area contributed by atoms with Crippen molar-refractivity contribution in [1.82, 2.24) is 5.32 Å². The van der Waals surface area contributed by atoms with Gasteiger partial charge in [-0.2, -0.15) is 0 Å². The van der Waals surface area contributed by atoms with Gasteiger partial charge in [0.25, 0.3) is 0 Å². The lowest BCUT2D eigenvalue weighted by Crippen LogP contribution is -2.18. The van der Waals surface area contributed by atoms with Crippen LogP contribution in [0.25, 0.3) is 0 Å². The maximum atomic E-state index is 5.77. The summed E-state index contributed by atoms with van der Waals surface area (Å²) in [5.41, 5.74) is 3.79. The van der Waals surface area contributed by atoms with Crippen LogP contribution in [-0.4, -0.2) is 13.2 Å². The van der Waals surface area contributed by atoms with Crippen molar-refractivity contribution in [2.24, 2.45) is 0 Å². The first-order valence-corrected chi connectivity index (χ1v) is 7.26. The van der Waals surface area contributed by atoms with E-state index in [1.54, 1.807) is 6.26 Å². The summed E-state index contributed by atoms with van der Waals surface area (Å²) < 4.78 is 11.3. The van der Waals surface area contributed by atoms with E-state index in [2.05, 4.69) is 43.4 Å². The van der Waals surface area contributed by atoms with Crippen molar-refractivity contribution in [1.29, 1.82) is 0 Å². The van der Waals surface area contributed by atoms with Crippen molar-refractivity contribution in [3.63, 3.8) is 0 Å². The number of hydrogen-bond acceptors (Lipinski definition) is 3. The summed E-state index contributed by atoms with van der Waals surface area (Å²) in [6, 6.07) is 8.72. The second kappa shape index (κ2) is 5.33. The zero-order valence-electron chi connectivity index (χ0n) is 12.3. The molecule has 0 aliphatic carbocycles. The molecule has 3 nitrogen and oxygen atoms in total. The third-order valence-corrected chi connectivity index (χ3v) is 3.95. The highest BCUT2D eigenvalue weighted by Gasteiger charge is 2.23. The molecule has 1 aromatic heterocycles. The number of benzene rings is 1. The first kappa shape index (κ1) is 13.3. The molecule has 1 N–H and O–H groups in total. The van der Waals surface area contributed by atoms with Crippen molar-refractivity contribution in [2.75, 3.05) is 7.05 Å². The summed E-state index contributed by atoms with van der Waals surface area (Å²) in [4.78, 5) is 0. The molecule has 20 heavy (non-hydrogen) atoms. The van der Waals surface area contributed by atoms with Crippen molar-refractivity contribution >= 4 is 0 Å². The van der Waals surface area contributed by atoms with E-state index >= 15 is 0 Å². The van der Waals surface area contributed by atoms with Gasteiger partial charge in [-0.05, 0) is 37.2 Å². The summed E-state index contributed by atoms with van der Waals surface area (Å²) in [5, 5.41) is 3.40. The predicted octanol–water partition coefficient (Wildman–Crippen LogP) is 3.47. The first-order chi connectivity index (χ1) is 9.72. The first-order valence-electron chi connectivity index (χ1n) is 7.26. The van der Waals surface area contributed by atoms with Crippen LogP contribution in [0.3, 0.4) is 0 Å². The van der Waals surface area contributed by atoms with Gasteiger partial charge < -0.3 is 14.5 Å². The summed E-state index contributed by atoms with van der Waals surface area (Å²) in [5.74, 6) is 2.08. The van der Waals surface area contributed by atoms with Crippen LogP contribution in [0.2, 0.25) is 0 Å². The Labute approximate surface area is 119 Å². The minimum Gasteiger partial charge on any atom is -0.490 e. The minimum atomic E-state index is 0.171. The Bertz CT molecular complexity index is 603. The Morgan fingerprint density at radius 3 is 2.95 bits per heavy atom. The van der Waals surface area contributed by atoms with E-state index < -0.39 is 0 Å². The molecule has 1 aliphatic heterocycles. The zero-order valence-corrected chi connectivity index (χ0v) is 12.3. The summed E-state index contributed by atoms with van der Waals surface area (Å²) in [7, 11) is 1.99. The molecule has 0 saturated carbocycles. The molecule has 0 radical (unpaired) electrons. The van der Waals surface area contributed by atoms with E-state index in [1.165, 1.54) is 16.7 Å². The fraction of sp³-hybridized carbons (Fsp3) is 0.412. The predicted molar refractivity (Wildman–Crippen MR) is 79.2 cm³/mol. The monoisotopic (exact) mass is 271 g/mol.